The molecule has 4 aromatic rings. The van der Waals surface area contributed by atoms with Crippen molar-refractivity contribution < 1.29 is 8.22 Å². The molecule has 10 heteroatoms. The number of hydrogen-bond acceptors (Lipinski definition) is 8. The normalized spacial score (nSPS) is 21.9. The first kappa shape index (κ1) is 17.6. The molecule has 4 aromatic heterocycles. The maximum absolute atomic E-state index is 7.77. The number of halogens is 1. The Morgan fingerprint density at radius 3 is 2.78 bits per heavy atom. The second kappa shape index (κ2) is 8.90. The van der Waals surface area contributed by atoms with E-state index in [1.165, 1.54) is 18.0 Å². The predicted molar refractivity (Wildman–Crippen MR) is 144 cm³/mol. The van der Waals surface area contributed by atoms with E-state index in [1.807, 2.05) is 29.8 Å². The number of piperidine rings is 1. The molecule has 0 amide bonds. The molecular formula is C26H29ClN8S. The van der Waals surface area contributed by atoms with Crippen molar-refractivity contribution in [1.82, 2.24) is 24.3 Å². The number of rotatable bonds is 4. The number of anilines is 2. The topological polar surface area (TPSA) is 88.5 Å². The minimum absolute atomic E-state index is 0.0147. The Bertz CT molecular complexity index is 1640. The molecule has 0 radical (unpaired) electrons. The lowest BCUT2D eigenvalue weighted by Crippen LogP contribution is -2.45. The van der Waals surface area contributed by atoms with Gasteiger partial charge in [0.25, 0.3) is 0 Å². The highest BCUT2D eigenvalue weighted by molar-refractivity contribution is 7.99. The van der Waals surface area contributed by atoms with Crippen molar-refractivity contribution in [1.29, 1.82) is 0 Å². The van der Waals surface area contributed by atoms with Crippen LogP contribution in [0, 0.1) is 12.3 Å². The summed E-state index contributed by atoms with van der Waals surface area (Å²) in [7, 11) is 0. The smallest absolute Gasteiger partial charge is 0.211 e. The largest absolute Gasteiger partial charge is 0.361 e. The van der Waals surface area contributed by atoms with Crippen LogP contribution in [0.1, 0.15) is 44.1 Å². The van der Waals surface area contributed by atoms with Crippen molar-refractivity contribution in [2.24, 2.45) is 11.1 Å². The SMILES string of the molecule is [2H]C([2H])([2H])N(c1nccc(Sc2c(C)nc(N3CCC4(CC3)Cc3ncccc3[C@H]4N)n3ccnc23)c1Cl)C([2H])([2H])[2H]. The highest BCUT2D eigenvalue weighted by atomic mass is 35.5. The zero-order valence-electron chi connectivity index (χ0n) is 25.6. The van der Waals surface area contributed by atoms with E-state index < -0.39 is 14.0 Å². The van der Waals surface area contributed by atoms with Crippen LogP contribution in [0.25, 0.3) is 5.65 Å². The van der Waals surface area contributed by atoms with Gasteiger partial charge in [-0.15, -0.1) is 0 Å². The van der Waals surface area contributed by atoms with E-state index in [0.717, 1.165) is 49.6 Å². The Morgan fingerprint density at radius 2 is 2.00 bits per heavy atom. The fraction of sp³-hybridized carbons (Fsp3) is 0.385. The van der Waals surface area contributed by atoms with E-state index in [4.69, 9.17) is 30.5 Å². The van der Waals surface area contributed by atoms with Gasteiger partial charge < -0.3 is 15.5 Å². The Morgan fingerprint density at radius 1 is 1.17 bits per heavy atom. The first-order valence-electron chi connectivity index (χ1n) is 14.7. The predicted octanol–water partition coefficient (Wildman–Crippen LogP) is 4.54. The first-order chi connectivity index (χ1) is 19.8. The number of imidazole rings is 1. The van der Waals surface area contributed by atoms with Gasteiger partial charge >= 0.3 is 0 Å². The minimum atomic E-state index is -2.98. The van der Waals surface area contributed by atoms with Crippen molar-refractivity contribution in [2.75, 3.05) is 36.8 Å². The van der Waals surface area contributed by atoms with Crippen molar-refractivity contribution in [3.8, 4) is 0 Å². The lowest BCUT2D eigenvalue weighted by molar-refractivity contribution is 0.186. The quantitative estimate of drug-likeness (QED) is 0.414. The fourth-order valence-electron chi connectivity index (χ4n) is 5.45. The van der Waals surface area contributed by atoms with Gasteiger partial charge in [0.2, 0.25) is 5.95 Å². The van der Waals surface area contributed by atoms with E-state index in [-0.39, 0.29) is 22.3 Å². The molecule has 1 spiro atoms. The molecule has 2 aliphatic rings. The Hall–Kier alpha value is -2.88. The summed E-state index contributed by atoms with van der Waals surface area (Å²) in [5, 5.41) is -0.0763. The highest BCUT2D eigenvalue weighted by Crippen LogP contribution is 2.50. The molecule has 6 rings (SSSR count). The molecule has 1 aliphatic heterocycles. The molecule has 8 nitrogen and oxygen atoms in total. The van der Waals surface area contributed by atoms with Crippen LogP contribution < -0.4 is 15.5 Å². The zero-order valence-corrected chi connectivity index (χ0v) is 21.2. The van der Waals surface area contributed by atoms with Crippen LogP contribution >= 0.6 is 23.4 Å². The number of nitrogens with zero attached hydrogens (tertiary/aromatic N) is 7. The Kier molecular flexibility index (Phi) is 4.34. The second-order valence-corrected chi connectivity index (χ2v) is 10.8. The number of aromatic nitrogens is 5. The van der Waals surface area contributed by atoms with E-state index >= 15 is 0 Å². The molecule has 0 bridgehead atoms. The van der Waals surface area contributed by atoms with Crippen LogP contribution in [-0.4, -0.2) is 51.4 Å². The van der Waals surface area contributed by atoms with E-state index in [0.29, 0.717) is 26.0 Å². The monoisotopic (exact) mass is 526 g/mol. The molecule has 2 N–H and O–H groups in total. The summed E-state index contributed by atoms with van der Waals surface area (Å²) < 4.78 is 48.5. The second-order valence-electron chi connectivity index (χ2n) is 9.37. The third-order valence-electron chi connectivity index (χ3n) is 7.40. The molecule has 1 atom stereocenters. The molecular weight excluding hydrogens is 492 g/mol. The summed E-state index contributed by atoms with van der Waals surface area (Å²) in [5.41, 5.74) is 10.4. The molecule has 0 saturated carbocycles. The summed E-state index contributed by atoms with van der Waals surface area (Å²) in [5.74, 6) is 0.437. The standard InChI is InChI=1S/C26H29ClN8S/c1-16-21(36-19-6-10-30-23(20(19)27)33(2)3)24-31-11-14-35(24)25(32-16)34-12-7-26(8-13-34)15-18-17(22(26)28)5-4-9-29-18/h4-6,9-11,14,22H,7-8,12-13,15,28H2,1-3H3/t22-/m1/s1/i2D3,3D3. The van der Waals surface area contributed by atoms with Crippen LogP contribution in [0.5, 0.6) is 0 Å². The van der Waals surface area contributed by atoms with E-state index in [2.05, 4.69) is 25.9 Å². The van der Waals surface area contributed by atoms with Crippen molar-refractivity contribution >= 4 is 40.8 Å². The molecule has 0 unspecified atom stereocenters. The molecule has 36 heavy (non-hydrogen) atoms. The van der Waals surface area contributed by atoms with Gasteiger partial charge in [-0.2, -0.15) is 0 Å². The number of fused-ring (bicyclic) bond motifs is 2. The maximum atomic E-state index is 7.77. The first-order valence-corrected chi connectivity index (χ1v) is 12.9. The number of nitrogens with two attached hydrogens (primary N) is 1. The lowest BCUT2D eigenvalue weighted by atomic mass is 9.73. The summed E-state index contributed by atoms with van der Waals surface area (Å²) in [6.07, 6.45) is 9.45. The Labute approximate surface area is 228 Å². The van der Waals surface area contributed by atoms with Crippen LogP contribution in [0.3, 0.4) is 0 Å². The van der Waals surface area contributed by atoms with E-state index in [9.17, 15) is 0 Å². The van der Waals surface area contributed by atoms with Gasteiger partial charge in [-0.25, -0.2) is 15.0 Å². The fourth-order valence-corrected chi connectivity index (χ4v) is 6.72. The molecule has 5 heterocycles. The lowest BCUT2D eigenvalue weighted by Gasteiger charge is -2.42. The number of pyridine rings is 2. The molecule has 186 valence electrons. The molecule has 1 fully saturated rings. The Balaban J connectivity index is 1.29. The summed E-state index contributed by atoms with van der Waals surface area (Å²) in [4.78, 5) is 21.9. The summed E-state index contributed by atoms with van der Waals surface area (Å²) in [6, 6.07) is 5.62. The molecule has 1 aliphatic carbocycles. The van der Waals surface area contributed by atoms with Crippen LogP contribution in [0.4, 0.5) is 11.8 Å². The van der Waals surface area contributed by atoms with Gasteiger partial charge in [0.05, 0.1) is 15.6 Å². The van der Waals surface area contributed by atoms with E-state index in [1.54, 1.807) is 12.3 Å². The van der Waals surface area contributed by atoms with Crippen molar-refractivity contribution in [3.05, 3.63) is 65.0 Å². The van der Waals surface area contributed by atoms with Crippen LogP contribution in [0.15, 0.2) is 52.8 Å². The highest BCUT2D eigenvalue weighted by Gasteiger charge is 2.46. The van der Waals surface area contributed by atoms with Gasteiger partial charge in [-0.3, -0.25) is 9.38 Å². The van der Waals surface area contributed by atoms with Crippen molar-refractivity contribution in [3.63, 3.8) is 0 Å². The van der Waals surface area contributed by atoms with Gasteiger partial charge in [-0.05, 0) is 49.3 Å². The summed E-state index contributed by atoms with van der Waals surface area (Å²) >= 11 is 7.84. The van der Waals surface area contributed by atoms with Crippen molar-refractivity contribution in [2.45, 2.75) is 42.0 Å². The van der Waals surface area contributed by atoms with Gasteiger partial charge in [0.15, 0.2) is 5.65 Å². The third-order valence-corrected chi connectivity index (χ3v) is 9.12. The summed E-state index contributed by atoms with van der Waals surface area (Å²) in [6.45, 7) is -2.50. The molecule has 1 saturated heterocycles. The van der Waals surface area contributed by atoms with Crippen LogP contribution in [-0.2, 0) is 6.42 Å². The van der Waals surface area contributed by atoms with Gasteiger partial charge in [0.1, 0.15) is 5.82 Å². The van der Waals surface area contributed by atoms with Crippen LogP contribution in [0.2, 0.25) is 5.02 Å². The average molecular weight is 527 g/mol. The zero-order chi connectivity index (χ0) is 30.0. The van der Waals surface area contributed by atoms with Gasteiger partial charge in [-0.1, -0.05) is 29.4 Å². The maximum Gasteiger partial charge on any atom is 0.211 e. The third kappa shape index (κ3) is 3.72. The minimum Gasteiger partial charge on any atom is -0.361 e. The number of aryl methyl sites for hydroxylation is 1. The molecule has 0 aromatic carbocycles. The average Bonchev–Trinajstić information content (AvgIpc) is 3.50. The van der Waals surface area contributed by atoms with Gasteiger partial charge in [0, 0.05) is 76.7 Å². The number of hydrogen-bond donors (Lipinski definition) is 1.